The van der Waals surface area contributed by atoms with Crippen LogP contribution in [0.1, 0.15) is 0 Å². The SMILES string of the molecule is COc1cc(NC2COC2)ccc1F. The largest absolute Gasteiger partial charge is 0.494 e. The molecule has 4 heteroatoms. The van der Waals surface area contributed by atoms with Crippen LogP contribution in [-0.2, 0) is 4.74 Å². The van der Waals surface area contributed by atoms with E-state index in [4.69, 9.17) is 9.47 Å². The molecule has 1 fully saturated rings. The number of hydrogen-bond donors (Lipinski definition) is 1. The van der Waals surface area contributed by atoms with Crippen LogP contribution in [-0.4, -0.2) is 26.4 Å². The average Bonchev–Trinajstić information content (AvgIpc) is 2.14. The van der Waals surface area contributed by atoms with Crippen molar-refractivity contribution in [3.05, 3.63) is 24.0 Å². The van der Waals surface area contributed by atoms with Gasteiger partial charge < -0.3 is 14.8 Å². The van der Waals surface area contributed by atoms with E-state index in [1.807, 2.05) is 0 Å². The Morgan fingerprint density at radius 1 is 1.50 bits per heavy atom. The minimum atomic E-state index is -0.345. The highest BCUT2D eigenvalue weighted by atomic mass is 19.1. The van der Waals surface area contributed by atoms with E-state index in [0.29, 0.717) is 19.3 Å². The molecule has 0 aliphatic carbocycles. The van der Waals surface area contributed by atoms with Crippen LogP contribution in [0.25, 0.3) is 0 Å². The number of anilines is 1. The number of nitrogens with one attached hydrogen (secondary N) is 1. The molecule has 1 aromatic rings. The Kier molecular flexibility index (Phi) is 2.54. The zero-order valence-electron chi connectivity index (χ0n) is 7.92. The fourth-order valence-electron chi connectivity index (χ4n) is 1.30. The predicted octanol–water partition coefficient (Wildman–Crippen LogP) is 1.65. The summed E-state index contributed by atoms with van der Waals surface area (Å²) in [5.41, 5.74) is 0.858. The summed E-state index contributed by atoms with van der Waals surface area (Å²) in [7, 11) is 1.45. The zero-order chi connectivity index (χ0) is 9.97. The number of ether oxygens (including phenoxy) is 2. The molecule has 1 aliphatic heterocycles. The third-order valence-corrected chi connectivity index (χ3v) is 2.16. The Balaban J connectivity index is 2.09. The topological polar surface area (TPSA) is 30.5 Å². The van der Waals surface area contributed by atoms with Crippen LogP contribution in [0.3, 0.4) is 0 Å². The number of hydrogen-bond acceptors (Lipinski definition) is 3. The Labute approximate surface area is 81.8 Å². The number of rotatable bonds is 3. The van der Waals surface area contributed by atoms with Gasteiger partial charge in [-0.15, -0.1) is 0 Å². The fourth-order valence-corrected chi connectivity index (χ4v) is 1.30. The van der Waals surface area contributed by atoms with Gasteiger partial charge in [0.25, 0.3) is 0 Å². The van der Waals surface area contributed by atoms with Gasteiger partial charge in [-0.3, -0.25) is 0 Å². The second kappa shape index (κ2) is 3.84. The van der Waals surface area contributed by atoms with E-state index in [0.717, 1.165) is 5.69 Å². The van der Waals surface area contributed by atoms with Crippen molar-refractivity contribution in [1.82, 2.24) is 0 Å². The van der Waals surface area contributed by atoms with Crippen molar-refractivity contribution in [3.63, 3.8) is 0 Å². The highest BCUT2D eigenvalue weighted by molar-refractivity contribution is 5.49. The maximum atomic E-state index is 13.0. The maximum absolute atomic E-state index is 13.0. The maximum Gasteiger partial charge on any atom is 0.165 e. The van der Waals surface area contributed by atoms with Gasteiger partial charge in [0.05, 0.1) is 26.4 Å². The molecule has 1 heterocycles. The molecule has 1 N–H and O–H groups in total. The molecule has 0 spiro atoms. The summed E-state index contributed by atoms with van der Waals surface area (Å²) in [5.74, 6) is -0.0850. The van der Waals surface area contributed by atoms with E-state index in [2.05, 4.69) is 5.32 Å². The van der Waals surface area contributed by atoms with Crippen LogP contribution in [0.15, 0.2) is 18.2 Å². The van der Waals surface area contributed by atoms with Crippen molar-refractivity contribution >= 4 is 5.69 Å². The van der Waals surface area contributed by atoms with Crippen LogP contribution in [0.5, 0.6) is 5.75 Å². The molecule has 14 heavy (non-hydrogen) atoms. The number of halogens is 1. The Morgan fingerprint density at radius 3 is 2.86 bits per heavy atom. The van der Waals surface area contributed by atoms with Crippen molar-refractivity contribution in [1.29, 1.82) is 0 Å². The molecule has 3 nitrogen and oxygen atoms in total. The first-order valence-corrected chi connectivity index (χ1v) is 4.47. The standard InChI is InChI=1S/C10H12FNO2/c1-13-10-4-7(2-3-9(10)11)12-8-5-14-6-8/h2-4,8,12H,5-6H2,1H3. The van der Waals surface area contributed by atoms with E-state index < -0.39 is 0 Å². The van der Waals surface area contributed by atoms with Gasteiger partial charge in [0.2, 0.25) is 0 Å². The second-order valence-electron chi connectivity index (χ2n) is 3.23. The Morgan fingerprint density at radius 2 is 2.29 bits per heavy atom. The zero-order valence-corrected chi connectivity index (χ0v) is 7.92. The smallest absolute Gasteiger partial charge is 0.165 e. The van der Waals surface area contributed by atoms with Crippen LogP contribution in [0, 0.1) is 5.82 Å². The molecule has 1 saturated heterocycles. The van der Waals surface area contributed by atoms with Gasteiger partial charge in [-0.05, 0) is 12.1 Å². The van der Waals surface area contributed by atoms with Gasteiger partial charge in [-0.25, -0.2) is 4.39 Å². The van der Waals surface area contributed by atoms with Gasteiger partial charge in [0.1, 0.15) is 0 Å². The van der Waals surface area contributed by atoms with Crippen LogP contribution in [0.4, 0.5) is 10.1 Å². The van der Waals surface area contributed by atoms with E-state index in [-0.39, 0.29) is 11.6 Å². The van der Waals surface area contributed by atoms with E-state index >= 15 is 0 Å². The van der Waals surface area contributed by atoms with Crippen molar-refractivity contribution in [2.75, 3.05) is 25.6 Å². The Hall–Kier alpha value is -1.29. The van der Waals surface area contributed by atoms with Crippen molar-refractivity contribution in [3.8, 4) is 5.75 Å². The summed E-state index contributed by atoms with van der Waals surface area (Å²) in [6.45, 7) is 1.42. The lowest BCUT2D eigenvalue weighted by molar-refractivity contribution is 0.0211. The van der Waals surface area contributed by atoms with Crippen LogP contribution < -0.4 is 10.1 Å². The molecule has 0 atom stereocenters. The predicted molar refractivity (Wildman–Crippen MR) is 51.2 cm³/mol. The summed E-state index contributed by atoms with van der Waals surface area (Å²) < 4.78 is 22.9. The highest BCUT2D eigenvalue weighted by Gasteiger charge is 2.18. The highest BCUT2D eigenvalue weighted by Crippen LogP contribution is 2.22. The first-order valence-electron chi connectivity index (χ1n) is 4.47. The van der Waals surface area contributed by atoms with Crippen molar-refractivity contribution in [2.24, 2.45) is 0 Å². The molecule has 1 aliphatic rings. The van der Waals surface area contributed by atoms with Gasteiger partial charge in [0, 0.05) is 11.8 Å². The molecular weight excluding hydrogens is 185 g/mol. The lowest BCUT2D eigenvalue weighted by Crippen LogP contribution is -2.40. The van der Waals surface area contributed by atoms with Crippen molar-refractivity contribution in [2.45, 2.75) is 6.04 Å². The van der Waals surface area contributed by atoms with Crippen LogP contribution in [0.2, 0.25) is 0 Å². The molecule has 2 rings (SSSR count). The minimum Gasteiger partial charge on any atom is -0.494 e. The average molecular weight is 197 g/mol. The number of methoxy groups -OCH3 is 1. The van der Waals surface area contributed by atoms with Crippen LogP contribution >= 0.6 is 0 Å². The summed E-state index contributed by atoms with van der Waals surface area (Å²) in [6.07, 6.45) is 0. The molecular formula is C10H12FNO2. The fraction of sp³-hybridized carbons (Fsp3) is 0.400. The summed E-state index contributed by atoms with van der Waals surface area (Å²) in [5, 5.41) is 3.21. The van der Waals surface area contributed by atoms with Crippen molar-refractivity contribution < 1.29 is 13.9 Å². The van der Waals surface area contributed by atoms with E-state index in [1.165, 1.54) is 13.2 Å². The van der Waals surface area contributed by atoms with Gasteiger partial charge in [-0.2, -0.15) is 0 Å². The quantitative estimate of drug-likeness (QED) is 0.799. The second-order valence-corrected chi connectivity index (χ2v) is 3.23. The first kappa shape index (κ1) is 9.27. The molecule has 0 unspecified atom stereocenters. The summed E-state index contributed by atoms with van der Waals surface area (Å²) in [4.78, 5) is 0. The van der Waals surface area contributed by atoms with Gasteiger partial charge in [-0.1, -0.05) is 0 Å². The molecule has 1 aromatic carbocycles. The lowest BCUT2D eigenvalue weighted by Gasteiger charge is -2.27. The van der Waals surface area contributed by atoms with Gasteiger partial charge >= 0.3 is 0 Å². The molecule has 0 bridgehead atoms. The minimum absolute atomic E-state index is 0.259. The summed E-state index contributed by atoms with van der Waals surface area (Å²) in [6, 6.07) is 5.06. The third-order valence-electron chi connectivity index (χ3n) is 2.16. The molecule has 0 amide bonds. The molecule has 0 radical (unpaired) electrons. The Bertz CT molecular complexity index is 326. The molecule has 0 saturated carbocycles. The first-order chi connectivity index (χ1) is 6.79. The van der Waals surface area contributed by atoms with Gasteiger partial charge in [0.15, 0.2) is 11.6 Å². The molecule has 76 valence electrons. The number of benzene rings is 1. The monoisotopic (exact) mass is 197 g/mol. The molecule has 0 aromatic heterocycles. The third kappa shape index (κ3) is 1.80. The lowest BCUT2D eigenvalue weighted by atomic mass is 10.2. The van der Waals surface area contributed by atoms with E-state index in [9.17, 15) is 4.39 Å². The normalized spacial score (nSPS) is 16.1. The summed E-state index contributed by atoms with van der Waals surface area (Å²) >= 11 is 0. The van der Waals surface area contributed by atoms with E-state index in [1.54, 1.807) is 12.1 Å².